The van der Waals surface area contributed by atoms with Gasteiger partial charge in [0.1, 0.15) is 0 Å². The van der Waals surface area contributed by atoms with Crippen LogP contribution in [0.4, 0.5) is 5.69 Å². The molecule has 4 heteroatoms. The summed E-state index contributed by atoms with van der Waals surface area (Å²) >= 11 is 0. The first kappa shape index (κ1) is 13.9. The number of rotatable bonds is 3. The minimum Gasteiger partial charge on any atom is -0.399 e. The standard InChI is InChI=1S/C15H22N2O2/c1-15(19)8-10-17(11-9-15)14(18)7-4-12-2-5-13(16)6-3-12/h2-3,5-6,19H,4,7-11,16H2,1H3. The summed E-state index contributed by atoms with van der Waals surface area (Å²) in [6.07, 6.45) is 2.60. The average molecular weight is 262 g/mol. The van der Waals surface area contributed by atoms with Crippen LogP contribution in [0.25, 0.3) is 0 Å². The highest BCUT2D eigenvalue weighted by atomic mass is 16.3. The molecule has 19 heavy (non-hydrogen) atoms. The lowest BCUT2D eigenvalue weighted by Crippen LogP contribution is -2.45. The maximum Gasteiger partial charge on any atom is 0.222 e. The molecule has 1 aliphatic rings. The molecular weight excluding hydrogens is 240 g/mol. The second kappa shape index (κ2) is 5.61. The van der Waals surface area contributed by atoms with Gasteiger partial charge in [-0.15, -0.1) is 0 Å². The van der Waals surface area contributed by atoms with Gasteiger partial charge in [-0.25, -0.2) is 0 Å². The molecule has 1 fully saturated rings. The van der Waals surface area contributed by atoms with Gasteiger partial charge in [0.05, 0.1) is 5.60 Å². The van der Waals surface area contributed by atoms with Crippen LogP contribution in [0.2, 0.25) is 0 Å². The van der Waals surface area contributed by atoms with Crippen LogP contribution in [-0.2, 0) is 11.2 Å². The zero-order valence-corrected chi connectivity index (χ0v) is 11.4. The number of amides is 1. The van der Waals surface area contributed by atoms with Gasteiger partial charge in [0.25, 0.3) is 0 Å². The molecule has 0 radical (unpaired) electrons. The van der Waals surface area contributed by atoms with Crippen molar-refractivity contribution in [3.05, 3.63) is 29.8 Å². The van der Waals surface area contributed by atoms with Crippen LogP contribution in [0.15, 0.2) is 24.3 Å². The smallest absolute Gasteiger partial charge is 0.222 e. The molecule has 1 aliphatic heterocycles. The van der Waals surface area contributed by atoms with E-state index < -0.39 is 5.60 Å². The first-order chi connectivity index (χ1) is 8.96. The van der Waals surface area contributed by atoms with Gasteiger partial charge >= 0.3 is 0 Å². The van der Waals surface area contributed by atoms with E-state index in [0.29, 0.717) is 32.4 Å². The molecule has 0 aliphatic carbocycles. The fraction of sp³-hybridized carbons (Fsp3) is 0.533. The van der Waals surface area contributed by atoms with Crippen LogP contribution in [0, 0.1) is 0 Å². The van der Waals surface area contributed by atoms with Gasteiger partial charge < -0.3 is 15.7 Å². The fourth-order valence-electron chi connectivity index (χ4n) is 2.33. The molecule has 2 rings (SSSR count). The number of hydrogen-bond acceptors (Lipinski definition) is 3. The van der Waals surface area contributed by atoms with Gasteiger partial charge in [-0.05, 0) is 43.9 Å². The summed E-state index contributed by atoms with van der Waals surface area (Å²) in [5.41, 5.74) is 6.90. The van der Waals surface area contributed by atoms with Crippen molar-refractivity contribution in [3.8, 4) is 0 Å². The largest absolute Gasteiger partial charge is 0.399 e. The number of nitrogens with zero attached hydrogens (tertiary/aromatic N) is 1. The summed E-state index contributed by atoms with van der Waals surface area (Å²) in [7, 11) is 0. The molecule has 1 amide bonds. The van der Waals surface area contributed by atoms with Crippen molar-refractivity contribution in [2.24, 2.45) is 0 Å². The SMILES string of the molecule is CC1(O)CCN(C(=O)CCc2ccc(N)cc2)CC1. The number of hydrogen-bond donors (Lipinski definition) is 2. The van der Waals surface area contributed by atoms with E-state index in [2.05, 4.69) is 0 Å². The van der Waals surface area contributed by atoms with Gasteiger partial charge in [0, 0.05) is 25.2 Å². The van der Waals surface area contributed by atoms with E-state index in [1.807, 2.05) is 36.1 Å². The molecule has 0 atom stereocenters. The van der Waals surface area contributed by atoms with Crippen molar-refractivity contribution in [2.45, 2.75) is 38.2 Å². The molecule has 0 unspecified atom stereocenters. The summed E-state index contributed by atoms with van der Waals surface area (Å²) in [5, 5.41) is 9.86. The number of carbonyl (C=O) groups excluding carboxylic acids is 1. The molecule has 1 saturated heterocycles. The maximum atomic E-state index is 12.1. The van der Waals surface area contributed by atoms with E-state index >= 15 is 0 Å². The molecule has 1 heterocycles. The Labute approximate surface area is 114 Å². The molecule has 3 N–H and O–H groups in total. The fourth-order valence-corrected chi connectivity index (χ4v) is 2.33. The summed E-state index contributed by atoms with van der Waals surface area (Å²) < 4.78 is 0. The van der Waals surface area contributed by atoms with E-state index in [9.17, 15) is 9.90 Å². The second-order valence-electron chi connectivity index (χ2n) is 5.62. The molecular formula is C15H22N2O2. The predicted octanol–water partition coefficient (Wildman–Crippen LogP) is 1.57. The lowest BCUT2D eigenvalue weighted by molar-refractivity contribution is -0.134. The Balaban J connectivity index is 1.80. The van der Waals surface area contributed by atoms with Crippen molar-refractivity contribution in [2.75, 3.05) is 18.8 Å². The third-order valence-corrected chi connectivity index (χ3v) is 3.80. The molecule has 0 saturated carbocycles. The zero-order valence-electron chi connectivity index (χ0n) is 11.4. The van der Waals surface area contributed by atoms with Crippen LogP contribution >= 0.6 is 0 Å². The van der Waals surface area contributed by atoms with Crippen molar-refractivity contribution in [1.29, 1.82) is 0 Å². The maximum absolute atomic E-state index is 12.1. The first-order valence-electron chi connectivity index (χ1n) is 6.81. The Morgan fingerprint density at radius 2 is 1.89 bits per heavy atom. The summed E-state index contributed by atoms with van der Waals surface area (Å²) in [6, 6.07) is 7.64. The van der Waals surface area contributed by atoms with Crippen LogP contribution in [-0.4, -0.2) is 34.6 Å². The number of piperidine rings is 1. The van der Waals surface area contributed by atoms with Crippen LogP contribution in [0.3, 0.4) is 0 Å². The van der Waals surface area contributed by atoms with E-state index in [0.717, 1.165) is 17.7 Å². The Kier molecular flexibility index (Phi) is 4.10. The van der Waals surface area contributed by atoms with Crippen LogP contribution in [0.5, 0.6) is 0 Å². The number of benzene rings is 1. The Morgan fingerprint density at radius 3 is 2.47 bits per heavy atom. The number of anilines is 1. The van der Waals surface area contributed by atoms with Gasteiger partial charge in [-0.2, -0.15) is 0 Å². The van der Waals surface area contributed by atoms with Gasteiger partial charge in [-0.3, -0.25) is 4.79 Å². The number of nitrogen functional groups attached to an aromatic ring is 1. The monoisotopic (exact) mass is 262 g/mol. The topological polar surface area (TPSA) is 66.6 Å². The third kappa shape index (κ3) is 3.96. The number of carbonyl (C=O) groups is 1. The molecule has 4 nitrogen and oxygen atoms in total. The molecule has 1 aromatic rings. The first-order valence-corrected chi connectivity index (χ1v) is 6.81. The number of nitrogens with two attached hydrogens (primary N) is 1. The Hall–Kier alpha value is -1.55. The lowest BCUT2D eigenvalue weighted by Gasteiger charge is -2.35. The zero-order chi connectivity index (χ0) is 13.9. The quantitative estimate of drug-likeness (QED) is 0.813. The van der Waals surface area contributed by atoms with Gasteiger partial charge in [0.2, 0.25) is 5.91 Å². The summed E-state index contributed by atoms with van der Waals surface area (Å²) in [4.78, 5) is 13.9. The average Bonchev–Trinajstić information content (AvgIpc) is 2.37. The van der Waals surface area contributed by atoms with Crippen molar-refractivity contribution in [3.63, 3.8) is 0 Å². The predicted molar refractivity (Wildman–Crippen MR) is 75.6 cm³/mol. The highest BCUT2D eigenvalue weighted by molar-refractivity contribution is 5.76. The number of aryl methyl sites for hydroxylation is 1. The molecule has 0 bridgehead atoms. The van der Waals surface area contributed by atoms with Gasteiger partial charge in [0.15, 0.2) is 0 Å². The van der Waals surface area contributed by atoms with Gasteiger partial charge in [-0.1, -0.05) is 12.1 Å². The highest BCUT2D eigenvalue weighted by Gasteiger charge is 2.29. The van der Waals surface area contributed by atoms with Crippen molar-refractivity contribution in [1.82, 2.24) is 4.90 Å². The molecule has 0 spiro atoms. The minimum atomic E-state index is -0.603. The van der Waals surface area contributed by atoms with E-state index in [4.69, 9.17) is 5.73 Å². The molecule has 0 aromatic heterocycles. The number of aliphatic hydroxyl groups is 1. The molecule has 104 valence electrons. The summed E-state index contributed by atoms with van der Waals surface area (Å²) in [5.74, 6) is 0.173. The minimum absolute atomic E-state index is 0.173. The third-order valence-electron chi connectivity index (χ3n) is 3.80. The van der Waals surface area contributed by atoms with E-state index in [1.54, 1.807) is 0 Å². The second-order valence-corrected chi connectivity index (χ2v) is 5.62. The van der Waals surface area contributed by atoms with Crippen LogP contribution in [0.1, 0.15) is 31.7 Å². The van der Waals surface area contributed by atoms with Crippen molar-refractivity contribution >= 4 is 11.6 Å². The number of likely N-dealkylation sites (tertiary alicyclic amines) is 1. The lowest BCUT2D eigenvalue weighted by atomic mass is 9.93. The summed E-state index contributed by atoms with van der Waals surface area (Å²) in [6.45, 7) is 3.16. The normalized spacial score (nSPS) is 18.3. The Bertz CT molecular complexity index is 430. The Morgan fingerprint density at radius 1 is 1.32 bits per heavy atom. The molecule has 1 aromatic carbocycles. The highest BCUT2D eigenvalue weighted by Crippen LogP contribution is 2.21. The van der Waals surface area contributed by atoms with E-state index in [-0.39, 0.29) is 5.91 Å². The van der Waals surface area contributed by atoms with E-state index in [1.165, 1.54) is 0 Å². The van der Waals surface area contributed by atoms with Crippen LogP contribution < -0.4 is 5.73 Å². The van der Waals surface area contributed by atoms with Crippen molar-refractivity contribution < 1.29 is 9.90 Å².